The average Bonchev–Trinajstić information content (AvgIpc) is 2.21. The number of nitrogens with zero attached hydrogens (tertiary/aromatic N) is 1. The van der Waals surface area contributed by atoms with Gasteiger partial charge in [0.2, 0.25) is 0 Å². The second kappa shape index (κ2) is 7.08. The summed E-state index contributed by atoms with van der Waals surface area (Å²) in [5.74, 6) is 0.637. The van der Waals surface area contributed by atoms with Crippen molar-refractivity contribution in [3.8, 4) is 0 Å². The van der Waals surface area contributed by atoms with Crippen LogP contribution in [0.15, 0.2) is 16.8 Å². The van der Waals surface area contributed by atoms with Gasteiger partial charge in [0.05, 0.1) is 6.61 Å². The van der Waals surface area contributed by atoms with Crippen molar-refractivity contribution in [3.63, 3.8) is 0 Å². The summed E-state index contributed by atoms with van der Waals surface area (Å²) in [5.41, 5.74) is 0.885. The van der Waals surface area contributed by atoms with Crippen LogP contribution in [0.1, 0.15) is 13.8 Å². The quantitative estimate of drug-likeness (QED) is 0.373. The molecule has 80 valence electrons. The number of rotatable bonds is 5. The fourth-order valence-electron chi connectivity index (χ4n) is 0.816. The van der Waals surface area contributed by atoms with Crippen LogP contribution in [0.25, 0.3) is 0 Å². The van der Waals surface area contributed by atoms with Crippen molar-refractivity contribution >= 4 is 12.2 Å². The third-order valence-electron chi connectivity index (χ3n) is 1.66. The molecular formula is C9H18N4O. The zero-order valence-electron chi connectivity index (χ0n) is 8.83. The monoisotopic (exact) mass is 198 g/mol. The van der Waals surface area contributed by atoms with Crippen molar-refractivity contribution in [2.75, 3.05) is 13.7 Å². The molecule has 0 spiro atoms. The smallest absolute Gasteiger partial charge is 0.131 e. The molecular weight excluding hydrogens is 180 g/mol. The fraction of sp³-hybridized carbons (Fsp3) is 0.556. The van der Waals surface area contributed by atoms with Gasteiger partial charge in [-0.05, 0) is 13.8 Å². The summed E-state index contributed by atoms with van der Waals surface area (Å²) in [6, 6.07) is 0.0167. The molecule has 0 aliphatic heterocycles. The molecule has 0 unspecified atom stereocenters. The maximum Gasteiger partial charge on any atom is 0.131 e. The molecule has 0 aliphatic carbocycles. The fourth-order valence-corrected chi connectivity index (χ4v) is 0.816. The van der Waals surface area contributed by atoms with Gasteiger partial charge in [0.1, 0.15) is 12.2 Å². The summed E-state index contributed by atoms with van der Waals surface area (Å²) in [6.45, 7) is 3.83. The topological polar surface area (TPSA) is 80.5 Å². The first-order valence-electron chi connectivity index (χ1n) is 4.44. The van der Waals surface area contributed by atoms with Gasteiger partial charge in [-0.2, -0.15) is 0 Å². The number of aliphatic hydroxyl groups is 1. The van der Waals surface area contributed by atoms with E-state index in [0.717, 1.165) is 11.9 Å². The minimum Gasteiger partial charge on any atom is -0.394 e. The van der Waals surface area contributed by atoms with E-state index in [2.05, 4.69) is 15.6 Å². The van der Waals surface area contributed by atoms with Crippen LogP contribution in [0.3, 0.4) is 0 Å². The molecule has 5 nitrogen and oxygen atoms in total. The lowest BCUT2D eigenvalue weighted by Gasteiger charge is -2.10. The van der Waals surface area contributed by atoms with Crippen LogP contribution in [-0.4, -0.2) is 37.0 Å². The lowest BCUT2D eigenvalue weighted by Crippen LogP contribution is -2.27. The first kappa shape index (κ1) is 12.6. The highest BCUT2D eigenvalue weighted by molar-refractivity contribution is 6.01. The SMILES string of the molecule is CNC(=N/C=N)/C(C)=C/N[C@H](C)CO. The van der Waals surface area contributed by atoms with E-state index < -0.39 is 0 Å². The molecule has 0 heterocycles. The van der Waals surface area contributed by atoms with E-state index >= 15 is 0 Å². The highest BCUT2D eigenvalue weighted by Gasteiger charge is 1.99. The molecule has 0 amide bonds. The van der Waals surface area contributed by atoms with Gasteiger partial charge in [0.25, 0.3) is 0 Å². The van der Waals surface area contributed by atoms with Crippen LogP contribution >= 0.6 is 0 Å². The van der Waals surface area contributed by atoms with Gasteiger partial charge in [-0.3, -0.25) is 5.41 Å². The Morgan fingerprint density at radius 2 is 2.29 bits per heavy atom. The van der Waals surface area contributed by atoms with Crippen molar-refractivity contribution in [3.05, 3.63) is 11.8 Å². The first-order chi connectivity index (χ1) is 6.65. The largest absolute Gasteiger partial charge is 0.394 e. The Morgan fingerprint density at radius 1 is 1.64 bits per heavy atom. The van der Waals surface area contributed by atoms with Gasteiger partial charge in [-0.15, -0.1) is 0 Å². The number of aliphatic hydroxyl groups excluding tert-OH is 1. The number of hydrogen-bond donors (Lipinski definition) is 4. The maximum atomic E-state index is 8.77. The summed E-state index contributed by atoms with van der Waals surface area (Å²) in [4.78, 5) is 3.82. The molecule has 0 aromatic rings. The molecule has 0 saturated heterocycles. The summed E-state index contributed by atoms with van der Waals surface area (Å²) in [5, 5.41) is 21.5. The minimum atomic E-state index is 0.0167. The molecule has 1 atom stereocenters. The van der Waals surface area contributed by atoms with Crippen LogP contribution in [0.5, 0.6) is 0 Å². The standard InChI is InChI=1S/C9H18N4O/c1-7(4-12-8(2)5-14)9(11-3)13-6-10/h4,6,8,12,14H,5H2,1-3H3,(H2,10,11,13)/b7-4+/t8-/m1/s1. The lowest BCUT2D eigenvalue weighted by atomic mass is 10.3. The van der Waals surface area contributed by atoms with Crippen molar-refractivity contribution in [1.82, 2.24) is 10.6 Å². The van der Waals surface area contributed by atoms with E-state index in [1.165, 1.54) is 0 Å². The normalized spacial score (nSPS) is 14.9. The van der Waals surface area contributed by atoms with Gasteiger partial charge in [-0.25, -0.2) is 4.99 Å². The molecule has 0 aliphatic rings. The molecule has 0 aromatic carbocycles. The summed E-state index contributed by atoms with van der Waals surface area (Å²) in [7, 11) is 1.75. The molecule has 0 rings (SSSR count). The molecule has 4 N–H and O–H groups in total. The van der Waals surface area contributed by atoms with E-state index in [4.69, 9.17) is 10.5 Å². The summed E-state index contributed by atoms with van der Waals surface area (Å²) < 4.78 is 0. The van der Waals surface area contributed by atoms with Crippen molar-refractivity contribution < 1.29 is 5.11 Å². The van der Waals surface area contributed by atoms with Crippen LogP contribution in [0, 0.1) is 5.41 Å². The van der Waals surface area contributed by atoms with Crippen molar-refractivity contribution in [2.24, 2.45) is 4.99 Å². The van der Waals surface area contributed by atoms with E-state index in [1.807, 2.05) is 13.8 Å². The zero-order valence-corrected chi connectivity index (χ0v) is 8.83. The van der Waals surface area contributed by atoms with E-state index in [-0.39, 0.29) is 12.6 Å². The van der Waals surface area contributed by atoms with Crippen LogP contribution in [0.2, 0.25) is 0 Å². The summed E-state index contributed by atoms with van der Waals surface area (Å²) >= 11 is 0. The predicted octanol–water partition coefficient (Wildman–Crippen LogP) is 0.0856. The van der Waals surface area contributed by atoms with Gasteiger partial charge >= 0.3 is 0 Å². The average molecular weight is 198 g/mol. The van der Waals surface area contributed by atoms with Crippen LogP contribution in [0.4, 0.5) is 0 Å². The third kappa shape index (κ3) is 4.61. The second-order valence-corrected chi connectivity index (χ2v) is 2.93. The molecule has 14 heavy (non-hydrogen) atoms. The molecule has 0 fully saturated rings. The molecule has 0 saturated carbocycles. The highest BCUT2D eigenvalue weighted by Crippen LogP contribution is 1.92. The minimum absolute atomic E-state index is 0.0167. The van der Waals surface area contributed by atoms with Gasteiger partial charge in [0.15, 0.2) is 0 Å². The van der Waals surface area contributed by atoms with E-state index in [0.29, 0.717) is 5.84 Å². The first-order valence-corrected chi connectivity index (χ1v) is 4.44. The van der Waals surface area contributed by atoms with Crippen LogP contribution < -0.4 is 10.6 Å². The maximum absolute atomic E-state index is 8.77. The Balaban J connectivity index is 4.34. The number of amidine groups is 1. The van der Waals surface area contributed by atoms with E-state index in [9.17, 15) is 0 Å². The number of hydrogen-bond acceptors (Lipinski definition) is 3. The van der Waals surface area contributed by atoms with Crippen molar-refractivity contribution in [1.29, 1.82) is 5.41 Å². The number of nitrogens with one attached hydrogen (secondary N) is 3. The highest BCUT2D eigenvalue weighted by atomic mass is 16.3. The van der Waals surface area contributed by atoms with Crippen molar-refractivity contribution in [2.45, 2.75) is 19.9 Å². The Morgan fingerprint density at radius 3 is 2.71 bits per heavy atom. The lowest BCUT2D eigenvalue weighted by molar-refractivity contribution is 0.261. The molecule has 0 aromatic heterocycles. The van der Waals surface area contributed by atoms with Crippen LogP contribution in [-0.2, 0) is 0 Å². The van der Waals surface area contributed by atoms with Gasteiger partial charge in [-0.1, -0.05) is 0 Å². The second-order valence-electron chi connectivity index (χ2n) is 2.93. The van der Waals surface area contributed by atoms with Gasteiger partial charge < -0.3 is 15.7 Å². The third-order valence-corrected chi connectivity index (χ3v) is 1.66. The Bertz CT molecular complexity index is 235. The number of aliphatic imine (C=N–C) groups is 1. The molecule has 5 heteroatoms. The molecule has 0 radical (unpaired) electrons. The number of likely N-dealkylation sites (N-methyl/N-ethyl adjacent to an activating group) is 1. The van der Waals surface area contributed by atoms with Gasteiger partial charge in [0, 0.05) is 24.9 Å². The Labute approximate surface area is 84.4 Å². The predicted molar refractivity (Wildman–Crippen MR) is 58.7 cm³/mol. The van der Waals surface area contributed by atoms with E-state index in [1.54, 1.807) is 13.2 Å². The summed E-state index contributed by atoms with van der Waals surface area (Å²) in [6.07, 6.45) is 2.75. The molecule has 0 bridgehead atoms. The Kier molecular flexibility index (Phi) is 6.39. The Hall–Kier alpha value is -1.36. The zero-order chi connectivity index (χ0) is 11.0.